The number of nitrogens with zero attached hydrogens (tertiary/aromatic N) is 1. The van der Waals surface area contributed by atoms with Crippen molar-refractivity contribution in [3.63, 3.8) is 0 Å². The van der Waals surface area contributed by atoms with E-state index in [1.165, 1.54) is 6.92 Å². The Morgan fingerprint density at radius 2 is 2.00 bits per heavy atom. The molecule has 114 valence electrons. The quantitative estimate of drug-likeness (QED) is 0.720. The standard InChI is InChI=1S/C13H20FNO5/c1-5-19-10(17)13(14)6-9(16)7-15(8-13)11(18)20-12(2,3)4/h5-8H2,1-4H3. The fourth-order valence-electron chi connectivity index (χ4n) is 1.85. The summed E-state index contributed by atoms with van der Waals surface area (Å²) in [6.45, 7) is 5.72. The van der Waals surface area contributed by atoms with Gasteiger partial charge in [-0.25, -0.2) is 14.0 Å². The van der Waals surface area contributed by atoms with Gasteiger partial charge >= 0.3 is 12.1 Å². The molecule has 0 aromatic heterocycles. The molecular weight excluding hydrogens is 269 g/mol. The monoisotopic (exact) mass is 289 g/mol. The van der Waals surface area contributed by atoms with Gasteiger partial charge in [0, 0.05) is 0 Å². The molecule has 1 heterocycles. The van der Waals surface area contributed by atoms with Crippen molar-refractivity contribution in [1.82, 2.24) is 4.90 Å². The molecule has 20 heavy (non-hydrogen) atoms. The van der Waals surface area contributed by atoms with Gasteiger partial charge in [-0.3, -0.25) is 9.69 Å². The van der Waals surface area contributed by atoms with Gasteiger partial charge in [-0.05, 0) is 27.7 Å². The molecule has 1 aliphatic rings. The van der Waals surface area contributed by atoms with Crippen molar-refractivity contribution in [3.05, 3.63) is 0 Å². The molecule has 0 aliphatic carbocycles. The summed E-state index contributed by atoms with van der Waals surface area (Å²) in [4.78, 5) is 35.9. The third-order valence-electron chi connectivity index (χ3n) is 2.58. The molecule has 6 nitrogen and oxygen atoms in total. The zero-order valence-electron chi connectivity index (χ0n) is 12.2. The molecule has 1 rings (SSSR count). The lowest BCUT2D eigenvalue weighted by Gasteiger charge is -2.35. The number of carbonyl (C=O) groups excluding carboxylic acids is 3. The number of halogens is 1. The Morgan fingerprint density at radius 3 is 2.50 bits per heavy atom. The summed E-state index contributed by atoms with van der Waals surface area (Å²) in [6, 6.07) is 0. The molecule has 1 atom stereocenters. The minimum absolute atomic E-state index is 0.00509. The molecule has 0 spiro atoms. The van der Waals surface area contributed by atoms with Gasteiger partial charge in [0.25, 0.3) is 0 Å². The summed E-state index contributed by atoms with van der Waals surface area (Å²) in [5, 5.41) is 0. The Morgan fingerprint density at radius 1 is 1.40 bits per heavy atom. The van der Waals surface area contributed by atoms with Crippen LogP contribution in [0.4, 0.5) is 9.18 Å². The highest BCUT2D eigenvalue weighted by atomic mass is 19.1. The van der Waals surface area contributed by atoms with Crippen LogP contribution in [0, 0.1) is 0 Å². The zero-order valence-corrected chi connectivity index (χ0v) is 12.2. The Kier molecular flexibility index (Phi) is 4.73. The second kappa shape index (κ2) is 5.76. The molecule has 1 aliphatic heterocycles. The van der Waals surface area contributed by atoms with Gasteiger partial charge in [-0.2, -0.15) is 0 Å². The maximum atomic E-state index is 14.5. The van der Waals surface area contributed by atoms with Gasteiger partial charge < -0.3 is 9.47 Å². The smallest absolute Gasteiger partial charge is 0.410 e. The second-order valence-electron chi connectivity index (χ2n) is 5.74. The third kappa shape index (κ3) is 4.18. The van der Waals surface area contributed by atoms with Gasteiger partial charge in [0.15, 0.2) is 5.78 Å². The SMILES string of the molecule is CCOC(=O)C1(F)CC(=O)CN(C(=O)OC(C)(C)C)C1. The molecule has 0 aromatic carbocycles. The molecule has 1 unspecified atom stereocenters. The topological polar surface area (TPSA) is 72.9 Å². The number of amides is 1. The van der Waals surface area contributed by atoms with Crippen molar-refractivity contribution in [2.45, 2.75) is 45.4 Å². The highest BCUT2D eigenvalue weighted by Gasteiger charge is 2.49. The van der Waals surface area contributed by atoms with Crippen LogP contribution >= 0.6 is 0 Å². The lowest BCUT2D eigenvalue weighted by Crippen LogP contribution is -2.56. The van der Waals surface area contributed by atoms with Gasteiger partial charge in [0.1, 0.15) is 5.60 Å². The number of Topliss-reactive ketones (excluding diaryl/α,β-unsaturated/α-hetero) is 1. The van der Waals surface area contributed by atoms with Crippen molar-refractivity contribution < 1.29 is 28.2 Å². The first-order valence-corrected chi connectivity index (χ1v) is 6.43. The van der Waals surface area contributed by atoms with Crippen LogP contribution in [0.1, 0.15) is 34.1 Å². The average Bonchev–Trinajstić information content (AvgIpc) is 2.25. The molecule has 0 N–H and O–H groups in total. The minimum atomic E-state index is -2.50. The van der Waals surface area contributed by atoms with E-state index in [9.17, 15) is 18.8 Å². The van der Waals surface area contributed by atoms with E-state index in [1.807, 2.05) is 0 Å². The Balaban J connectivity index is 2.83. The Bertz CT molecular complexity index is 417. The van der Waals surface area contributed by atoms with Crippen LogP contribution in [0.2, 0.25) is 0 Å². The first-order chi connectivity index (χ1) is 9.07. The predicted molar refractivity (Wildman–Crippen MR) is 67.9 cm³/mol. The normalized spacial score (nSPS) is 23.4. The maximum absolute atomic E-state index is 14.5. The summed E-state index contributed by atoms with van der Waals surface area (Å²) in [5.74, 6) is -1.67. The van der Waals surface area contributed by atoms with Crippen LogP contribution in [-0.2, 0) is 19.1 Å². The Hall–Kier alpha value is -1.66. The Labute approximate surface area is 117 Å². The van der Waals surface area contributed by atoms with Gasteiger partial charge in [-0.15, -0.1) is 0 Å². The van der Waals surface area contributed by atoms with E-state index in [4.69, 9.17) is 4.74 Å². The van der Waals surface area contributed by atoms with Gasteiger partial charge in [0.2, 0.25) is 5.67 Å². The number of carbonyl (C=O) groups is 3. The van der Waals surface area contributed by atoms with Crippen molar-refractivity contribution >= 4 is 17.8 Å². The van der Waals surface area contributed by atoms with E-state index in [0.29, 0.717) is 0 Å². The molecule has 0 saturated carbocycles. The van der Waals surface area contributed by atoms with Crippen molar-refractivity contribution in [2.75, 3.05) is 19.7 Å². The molecule has 0 bridgehead atoms. The van der Waals surface area contributed by atoms with Crippen molar-refractivity contribution in [3.8, 4) is 0 Å². The van der Waals surface area contributed by atoms with Crippen LogP contribution in [0.25, 0.3) is 0 Å². The molecule has 1 saturated heterocycles. The maximum Gasteiger partial charge on any atom is 0.410 e. The van der Waals surface area contributed by atoms with Crippen LogP contribution < -0.4 is 0 Å². The molecular formula is C13H20FNO5. The first-order valence-electron chi connectivity index (χ1n) is 6.43. The van der Waals surface area contributed by atoms with E-state index < -0.39 is 42.1 Å². The third-order valence-corrected chi connectivity index (χ3v) is 2.58. The van der Waals surface area contributed by atoms with Crippen molar-refractivity contribution in [1.29, 1.82) is 0 Å². The first kappa shape index (κ1) is 16.4. The second-order valence-corrected chi connectivity index (χ2v) is 5.74. The highest BCUT2D eigenvalue weighted by molar-refractivity contribution is 5.93. The minimum Gasteiger partial charge on any atom is -0.464 e. The van der Waals surface area contributed by atoms with E-state index in [-0.39, 0.29) is 13.2 Å². The number of ether oxygens (including phenoxy) is 2. The van der Waals surface area contributed by atoms with E-state index >= 15 is 0 Å². The van der Waals surface area contributed by atoms with E-state index in [2.05, 4.69) is 4.74 Å². The number of esters is 1. The summed E-state index contributed by atoms with van der Waals surface area (Å²) in [7, 11) is 0. The fourth-order valence-corrected chi connectivity index (χ4v) is 1.85. The number of hydrogen-bond donors (Lipinski definition) is 0. The summed E-state index contributed by atoms with van der Waals surface area (Å²) in [5.41, 5.74) is -3.26. The van der Waals surface area contributed by atoms with Crippen LogP contribution in [0.15, 0.2) is 0 Å². The number of rotatable bonds is 2. The summed E-state index contributed by atoms with van der Waals surface area (Å²) >= 11 is 0. The zero-order chi connectivity index (χ0) is 15.6. The lowest BCUT2D eigenvalue weighted by molar-refractivity contribution is -0.163. The largest absolute Gasteiger partial charge is 0.464 e. The summed E-state index contributed by atoms with van der Waals surface area (Å²) in [6.07, 6.45) is -1.40. The number of alkyl halides is 1. The number of likely N-dealkylation sites (tertiary alicyclic amines) is 1. The average molecular weight is 289 g/mol. The molecule has 7 heteroatoms. The van der Waals surface area contributed by atoms with E-state index in [1.54, 1.807) is 20.8 Å². The number of ketones is 1. The molecule has 1 amide bonds. The van der Waals surface area contributed by atoms with Crippen LogP contribution in [0.5, 0.6) is 0 Å². The van der Waals surface area contributed by atoms with Crippen LogP contribution in [-0.4, -0.2) is 53.7 Å². The van der Waals surface area contributed by atoms with E-state index in [0.717, 1.165) is 4.90 Å². The number of piperidine rings is 1. The molecule has 0 aromatic rings. The molecule has 0 radical (unpaired) electrons. The fraction of sp³-hybridized carbons (Fsp3) is 0.769. The highest BCUT2D eigenvalue weighted by Crippen LogP contribution is 2.26. The van der Waals surface area contributed by atoms with Gasteiger partial charge in [0.05, 0.1) is 26.1 Å². The van der Waals surface area contributed by atoms with Crippen LogP contribution in [0.3, 0.4) is 0 Å². The lowest BCUT2D eigenvalue weighted by atomic mass is 9.94. The summed E-state index contributed by atoms with van der Waals surface area (Å²) < 4.78 is 24.2. The van der Waals surface area contributed by atoms with Gasteiger partial charge in [-0.1, -0.05) is 0 Å². The van der Waals surface area contributed by atoms with Crippen molar-refractivity contribution in [2.24, 2.45) is 0 Å². The molecule has 1 fully saturated rings. The predicted octanol–water partition coefficient (Wildman–Crippen LogP) is 1.47. The number of hydrogen-bond acceptors (Lipinski definition) is 5.